The topological polar surface area (TPSA) is 64.6 Å². The highest BCUT2D eigenvalue weighted by Gasteiger charge is 2.50. The Morgan fingerprint density at radius 1 is 1.40 bits per heavy atom. The SMILES string of the molecule is CCOC(=O)[C@@H]1NC(=O)[C@H]1[C@@H](C)O[Si](C)(C)C(C)(C)C. The summed E-state index contributed by atoms with van der Waals surface area (Å²) >= 11 is 0. The highest BCUT2D eigenvalue weighted by molar-refractivity contribution is 6.74. The fourth-order valence-electron chi connectivity index (χ4n) is 2.03. The zero-order valence-corrected chi connectivity index (χ0v) is 14.6. The quantitative estimate of drug-likeness (QED) is 0.480. The van der Waals surface area contributed by atoms with E-state index in [0.29, 0.717) is 6.61 Å². The van der Waals surface area contributed by atoms with Gasteiger partial charge in [0.05, 0.1) is 18.6 Å². The van der Waals surface area contributed by atoms with Gasteiger partial charge in [-0.3, -0.25) is 4.79 Å². The average molecular weight is 301 g/mol. The van der Waals surface area contributed by atoms with E-state index in [-0.39, 0.29) is 23.0 Å². The number of β-lactam (4-membered cyclic amide) rings is 1. The van der Waals surface area contributed by atoms with Gasteiger partial charge in [0.2, 0.25) is 5.91 Å². The van der Waals surface area contributed by atoms with Crippen LogP contribution < -0.4 is 5.32 Å². The van der Waals surface area contributed by atoms with Gasteiger partial charge in [0.25, 0.3) is 0 Å². The number of carbonyl (C=O) groups excluding carboxylic acids is 2. The zero-order valence-electron chi connectivity index (χ0n) is 13.6. The Hall–Kier alpha value is -0.883. The van der Waals surface area contributed by atoms with Crippen LogP contribution in [0.5, 0.6) is 0 Å². The number of amides is 1. The first kappa shape index (κ1) is 17.2. The standard InChI is InChI=1S/C14H27NO4Si/c1-8-18-13(17)11-10(12(16)15-11)9(2)19-20(6,7)14(3,4)5/h9-11H,8H2,1-7H3,(H,15,16)/t9-,10+,11-/m1/s1. The van der Waals surface area contributed by atoms with Crippen LogP contribution in [0.2, 0.25) is 18.1 Å². The first-order valence-corrected chi connectivity index (χ1v) is 10.1. The third kappa shape index (κ3) is 3.41. The molecule has 0 unspecified atom stereocenters. The summed E-state index contributed by atoms with van der Waals surface area (Å²) < 4.78 is 11.2. The summed E-state index contributed by atoms with van der Waals surface area (Å²) in [6.45, 7) is 14.7. The molecule has 0 aromatic heterocycles. The molecule has 1 rings (SSSR count). The van der Waals surface area contributed by atoms with Crippen LogP contribution in [-0.2, 0) is 18.8 Å². The van der Waals surface area contributed by atoms with Crippen molar-refractivity contribution in [2.24, 2.45) is 5.92 Å². The Morgan fingerprint density at radius 2 is 1.95 bits per heavy atom. The third-order valence-corrected chi connectivity index (χ3v) is 8.87. The molecule has 20 heavy (non-hydrogen) atoms. The van der Waals surface area contributed by atoms with Gasteiger partial charge < -0.3 is 14.5 Å². The number of ether oxygens (including phenoxy) is 1. The Balaban J connectivity index is 2.73. The van der Waals surface area contributed by atoms with Crippen LogP contribution in [-0.4, -0.2) is 38.9 Å². The second-order valence-electron chi connectivity index (χ2n) is 6.85. The van der Waals surface area contributed by atoms with Crippen molar-refractivity contribution >= 4 is 20.2 Å². The van der Waals surface area contributed by atoms with Gasteiger partial charge in [-0.05, 0) is 32.0 Å². The van der Waals surface area contributed by atoms with Crippen LogP contribution in [0.25, 0.3) is 0 Å². The second kappa shape index (κ2) is 5.85. The molecule has 3 atom stereocenters. The van der Waals surface area contributed by atoms with Gasteiger partial charge in [-0.25, -0.2) is 4.79 Å². The minimum atomic E-state index is -1.96. The van der Waals surface area contributed by atoms with E-state index in [4.69, 9.17) is 9.16 Å². The lowest BCUT2D eigenvalue weighted by molar-refractivity contribution is -0.161. The molecular formula is C14H27NO4Si. The highest BCUT2D eigenvalue weighted by Crippen LogP contribution is 2.39. The molecule has 116 valence electrons. The maximum absolute atomic E-state index is 11.8. The molecule has 0 spiro atoms. The van der Waals surface area contributed by atoms with E-state index >= 15 is 0 Å². The van der Waals surface area contributed by atoms with Crippen LogP contribution in [0.1, 0.15) is 34.6 Å². The van der Waals surface area contributed by atoms with Crippen molar-refractivity contribution in [3.63, 3.8) is 0 Å². The Labute approximate surface area is 122 Å². The molecule has 1 heterocycles. The summed E-state index contributed by atoms with van der Waals surface area (Å²) in [6, 6.07) is -0.567. The van der Waals surface area contributed by atoms with E-state index in [1.54, 1.807) is 6.92 Å². The molecule has 6 heteroatoms. The lowest BCUT2D eigenvalue weighted by atomic mass is 9.86. The van der Waals surface area contributed by atoms with Crippen LogP contribution in [0.3, 0.4) is 0 Å². The molecule has 1 N–H and O–H groups in total. The van der Waals surface area contributed by atoms with Crippen molar-refractivity contribution in [1.29, 1.82) is 0 Å². The van der Waals surface area contributed by atoms with E-state index in [0.717, 1.165) is 0 Å². The molecule has 0 aromatic carbocycles. The molecular weight excluding hydrogens is 274 g/mol. The summed E-state index contributed by atoms with van der Waals surface area (Å²) in [4.78, 5) is 23.5. The Bertz CT molecular complexity index is 389. The Morgan fingerprint density at radius 3 is 2.35 bits per heavy atom. The fraction of sp³-hybridized carbons (Fsp3) is 0.857. The maximum atomic E-state index is 11.8. The molecule has 1 aliphatic heterocycles. The predicted octanol–water partition coefficient (Wildman–Crippen LogP) is 2.07. The zero-order chi connectivity index (χ0) is 15.7. The lowest BCUT2D eigenvalue weighted by Crippen LogP contribution is -2.67. The second-order valence-corrected chi connectivity index (χ2v) is 11.6. The van der Waals surface area contributed by atoms with Crippen LogP contribution >= 0.6 is 0 Å². The van der Waals surface area contributed by atoms with Gasteiger partial charge in [-0.15, -0.1) is 0 Å². The third-order valence-electron chi connectivity index (χ3n) is 4.29. The largest absolute Gasteiger partial charge is 0.464 e. The number of carbonyl (C=O) groups is 2. The molecule has 5 nitrogen and oxygen atoms in total. The first-order chi connectivity index (χ1) is 9.01. The number of hydrogen-bond donors (Lipinski definition) is 1. The normalized spacial score (nSPS) is 24.6. The summed E-state index contributed by atoms with van der Waals surface area (Å²) in [5.74, 6) is -0.944. The molecule has 1 saturated heterocycles. The maximum Gasteiger partial charge on any atom is 0.329 e. The average Bonchev–Trinajstić information content (AvgIpc) is 2.23. The van der Waals surface area contributed by atoms with E-state index in [9.17, 15) is 9.59 Å². The van der Waals surface area contributed by atoms with Crippen molar-refractivity contribution in [2.45, 2.75) is 64.9 Å². The van der Waals surface area contributed by atoms with Gasteiger partial charge in [0.1, 0.15) is 6.04 Å². The first-order valence-electron chi connectivity index (χ1n) is 7.16. The van der Waals surface area contributed by atoms with Crippen molar-refractivity contribution in [3.8, 4) is 0 Å². The minimum absolute atomic E-state index is 0.0703. The minimum Gasteiger partial charge on any atom is -0.464 e. The van der Waals surface area contributed by atoms with Crippen molar-refractivity contribution in [3.05, 3.63) is 0 Å². The molecule has 0 radical (unpaired) electrons. The van der Waals surface area contributed by atoms with Gasteiger partial charge in [0.15, 0.2) is 8.32 Å². The molecule has 0 bridgehead atoms. The van der Waals surface area contributed by atoms with Crippen LogP contribution in [0, 0.1) is 5.92 Å². The number of hydrogen-bond acceptors (Lipinski definition) is 4. The molecule has 1 fully saturated rings. The van der Waals surface area contributed by atoms with Gasteiger partial charge in [-0.2, -0.15) is 0 Å². The summed E-state index contributed by atoms with van der Waals surface area (Å²) in [6.07, 6.45) is -0.279. The van der Waals surface area contributed by atoms with Crippen LogP contribution in [0.4, 0.5) is 0 Å². The molecule has 0 aliphatic carbocycles. The smallest absolute Gasteiger partial charge is 0.329 e. The predicted molar refractivity (Wildman–Crippen MR) is 79.8 cm³/mol. The van der Waals surface area contributed by atoms with E-state index in [1.807, 2.05) is 6.92 Å². The molecule has 0 saturated carbocycles. The number of esters is 1. The summed E-state index contributed by atoms with van der Waals surface area (Å²) in [7, 11) is -1.96. The van der Waals surface area contributed by atoms with Gasteiger partial charge in [0, 0.05) is 0 Å². The van der Waals surface area contributed by atoms with Crippen LogP contribution in [0.15, 0.2) is 0 Å². The molecule has 1 aliphatic rings. The highest BCUT2D eigenvalue weighted by atomic mass is 28.4. The summed E-state index contributed by atoms with van der Waals surface area (Å²) in [5.41, 5.74) is 0. The monoisotopic (exact) mass is 301 g/mol. The van der Waals surface area contributed by atoms with Crippen molar-refractivity contribution in [1.82, 2.24) is 5.32 Å². The number of rotatable bonds is 5. The van der Waals surface area contributed by atoms with Gasteiger partial charge >= 0.3 is 5.97 Å². The molecule has 1 amide bonds. The van der Waals surface area contributed by atoms with Crippen molar-refractivity contribution in [2.75, 3.05) is 6.61 Å². The van der Waals surface area contributed by atoms with E-state index in [1.165, 1.54) is 0 Å². The van der Waals surface area contributed by atoms with Gasteiger partial charge in [-0.1, -0.05) is 20.8 Å². The number of nitrogens with one attached hydrogen (secondary N) is 1. The molecule has 0 aromatic rings. The summed E-state index contributed by atoms with van der Waals surface area (Å²) in [5, 5.41) is 2.68. The fourth-order valence-corrected chi connectivity index (χ4v) is 3.46. The van der Waals surface area contributed by atoms with E-state index in [2.05, 4.69) is 39.2 Å². The van der Waals surface area contributed by atoms with E-state index < -0.39 is 20.3 Å². The van der Waals surface area contributed by atoms with Crippen molar-refractivity contribution < 1.29 is 18.8 Å². The Kier molecular flexibility index (Phi) is 5.02. The lowest BCUT2D eigenvalue weighted by Gasteiger charge is -2.44.